The molecule has 1 heterocycles. The van der Waals surface area contributed by atoms with E-state index in [0.717, 1.165) is 0 Å². The second-order valence-electron chi connectivity index (χ2n) is 5.53. The van der Waals surface area contributed by atoms with E-state index in [2.05, 4.69) is 0 Å². The van der Waals surface area contributed by atoms with Gasteiger partial charge in [0.25, 0.3) is 5.91 Å². The van der Waals surface area contributed by atoms with Crippen LogP contribution in [0.25, 0.3) is 0 Å². The highest BCUT2D eigenvalue weighted by Gasteiger charge is 2.66. The van der Waals surface area contributed by atoms with Gasteiger partial charge in [-0.1, -0.05) is 0 Å². The normalized spacial score (nSPS) is 28.9. The zero-order valence-electron chi connectivity index (χ0n) is 11.0. The lowest BCUT2D eigenvalue weighted by molar-refractivity contribution is -0.143. The molecule has 1 saturated carbocycles. The summed E-state index contributed by atoms with van der Waals surface area (Å²) >= 11 is 0. The van der Waals surface area contributed by atoms with E-state index in [-0.39, 0.29) is 11.8 Å². The Balaban J connectivity index is 1.74. The first-order chi connectivity index (χ1) is 9.44. The molecule has 106 valence electrons. The molecule has 0 radical (unpaired) electrons. The second kappa shape index (κ2) is 4.41. The number of aliphatic carboxylic acids is 1. The third-order valence-electron chi connectivity index (χ3n) is 4.29. The highest BCUT2D eigenvalue weighted by atomic mass is 32.2. The minimum Gasteiger partial charge on any atom is -0.481 e. The first-order valence-corrected chi connectivity index (χ1v) is 7.96. The molecule has 1 aromatic carbocycles. The molecule has 1 aliphatic heterocycles. The molecule has 20 heavy (non-hydrogen) atoms. The van der Waals surface area contributed by atoms with E-state index in [1.165, 1.54) is 0 Å². The molecule has 3 atom stereocenters. The van der Waals surface area contributed by atoms with E-state index < -0.39 is 22.2 Å². The summed E-state index contributed by atoms with van der Waals surface area (Å²) in [7, 11) is -1.07. The monoisotopic (exact) mass is 293 g/mol. The quantitative estimate of drug-likeness (QED) is 0.901. The highest BCUT2D eigenvalue weighted by molar-refractivity contribution is 7.84. The van der Waals surface area contributed by atoms with E-state index in [9.17, 15) is 18.9 Å². The van der Waals surface area contributed by atoms with E-state index >= 15 is 0 Å². The number of benzene rings is 1. The maximum absolute atomic E-state index is 12.3. The summed E-state index contributed by atoms with van der Waals surface area (Å²) in [6, 6.07) is 6.65. The van der Waals surface area contributed by atoms with Gasteiger partial charge in [-0.25, -0.2) is 0 Å². The number of carbonyl (C=O) groups is 2. The van der Waals surface area contributed by atoms with E-state index in [0.29, 0.717) is 30.0 Å². The molecular formula is C14H15NO4S. The molecule has 1 aromatic rings. The number of hydrogen-bond donors (Lipinski definition) is 1. The van der Waals surface area contributed by atoms with Crippen LogP contribution in [-0.4, -0.2) is 45.4 Å². The number of nitrogens with zero attached hydrogens (tertiary/aromatic N) is 1. The molecule has 2 fully saturated rings. The molecule has 0 spiro atoms. The fourth-order valence-electron chi connectivity index (χ4n) is 2.94. The molecule has 3 unspecified atom stereocenters. The highest BCUT2D eigenvalue weighted by Crippen LogP contribution is 2.58. The van der Waals surface area contributed by atoms with Gasteiger partial charge >= 0.3 is 5.97 Å². The van der Waals surface area contributed by atoms with Crippen molar-refractivity contribution in [1.82, 2.24) is 4.90 Å². The SMILES string of the molecule is CS(=O)c1ccc(C(=O)N2CC3CC3(C(=O)O)C2)cc1. The summed E-state index contributed by atoms with van der Waals surface area (Å²) in [6.07, 6.45) is 2.27. The van der Waals surface area contributed by atoms with Crippen molar-refractivity contribution in [3.8, 4) is 0 Å². The maximum atomic E-state index is 12.3. The lowest BCUT2D eigenvalue weighted by Crippen LogP contribution is -2.33. The predicted octanol–water partition coefficient (Wildman–Crippen LogP) is 0.971. The number of amides is 1. The predicted molar refractivity (Wildman–Crippen MR) is 72.9 cm³/mol. The largest absolute Gasteiger partial charge is 0.481 e. The molecule has 1 amide bonds. The smallest absolute Gasteiger partial charge is 0.311 e. The van der Waals surface area contributed by atoms with Crippen molar-refractivity contribution in [3.05, 3.63) is 29.8 Å². The summed E-state index contributed by atoms with van der Waals surface area (Å²) in [5.74, 6) is -0.841. The summed E-state index contributed by atoms with van der Waals surface area (Å²) < 4.78 is 11.3. The van der Waals surface area contributed by atoms with Crippen molar-refractivity contribution in [1.29, 1.82) is 0 Å². The Bertz CT molecular complexity index is 612. The van der Waals surface area contributed by atoms with Crippen LogP contribution >= 0.6 is 0 Å². The summed E-state index contributed by atoms with van der Waals surface area (Å²) in [4.78, 5) is 25.8. The van der Waals surface area contributed by atoms with Gasteiger partial charge in [-0.3, -0.25) is 13.8 Å². The van der Waals surface area contributed by atoms with Gasteiger partial charge in [0.15, 0.2) is 0 Å². The standard InChI is InChI=1S/C14H15NO4S/c1-20(19)11-4-2-9(3-5-11)12(16)15-7-10-6-14(10,8-15)13(17)18/h2-5,10H,6-8H2,1H3,(H,17,18). The molecule has 1 N–H and O–H groups in total. The Morgan fingerprint density at radius 3 is 2.50 bits per heavy atom. The lowest BCUT2D eigenvalue weighted by atomic mass is 10.1. The number of carboxylic acids is 1. The number of carboxylic acid groups (broad SMARTS) is 1. The zero-order valence-corrected chi connectivity index (χ0v) is 11.9. The molecule has 1 saturated heterocycles. The molecule has 1 aliphatic carbocycles. The minimum absolute atomic E-state index is 0.103. The third-order valence-corrected chi connectivity index (χ3v) is 5.23. The van der Waals surface area contributed by atoms with Crippen LogP contribution in [0, 0.1) is 11.3 Å². The van der Waals surface area contributed by atoms with Crippen molar-refractivity contribution in [2.75, 3.05) is 19.3 Å². The van der Waals surface area contributed by atoms with Crippen LogP contribution in [0.15, 0.2) is 29.2 Å². The first-order valence-electron chi connectivity index (χ1n) is 6.40. The summed E-state index contributed by atoms with van der Waals surface area (Å²) in [5, 5.41) is 9.21. The van der Waals surface area contributed by atoms with E-state index in [4.69, 9.17) is 0 Å². The first kappa shape index (κ1) is 13.3. The van der Waals surface area contributed by atoms with Gasteiger partial charge in [-0.15, -0.1) is 0 Å². The Morgan fingerprint density at radius 1 is 1.35 bits per heavy atom. The molecule has 0 aromatic heterocycles. The summed E-state index contributed by atoms with van der Waals surface area (Å²) in [5.41, 5.74) is -0.179. The van der Waals surface area contributed by atoms with Crippen LogP contribution in [0.3, 0.4) is 0 Å². The molecule has 2 aliphatic rings. The molecule has 5 nitrogen and oxygen atoms in total. The summed E-state index contributed by atoms with van der Waals surface area (Å²) in [6.45, 7) is 0.819. The zero-order chi connectivity index (χ0) is 14.5. The number of piperidine rings is 1. The fourth-order valence-corrected chi connectivity index (χ4v) is 3.46. The van der Waals surface area contributed by atoms with Crippen molar-refractivity contribution in [2.24, 2.45) is 11.3 Å². The maximum Gasteiger partial charge on any atom is 0.311 e. The number of likely N-dealkylation sites (tertiary alicyclic amines) is 1. The van der Waals surface area contributed by atoms with E-state index in [1.807, 2.05) is 0 Å². The van der Waals surface area contributed by atoms with Gasteiger partial charge in [-0.2, -0.15) is 0 Å². The van der Waals surface area contributed by atoms with Gasteiger partial charge in [0, 0.05) is 40.6 Å². The molecule has 3 rings (SSSR count). The van der Waals surface area contributed by atoms with Crippen LogP contribution in [0.2, 0.25) is 0 Å². The Morgan fingerprint density at radius 2 is 2.00 bits per heavy atom. The average molecular weight is 293 g/mol. The topological polar surface area (TPSA) is 74.7 Å². The van der Waals surface area contributed by atoms with Crippen LogP contribution < -0.4 is 0 Å². The van der Waals surface area contributed by atoms with Gasteiger partial charge in [0.1, 0.15) is 0 Å². The van der Waals surface area contributed by atoms with Crippen LogP contribution in [0.5, 0.6) is 0 Å². The van der Waals surface area contributed by atoms with Crippen molar-refractivity contribution >= 4 is 22.7 Å². The number of hydrogen-bond acceptors (Lipinski definition) is 3. The second-order valence-corrected chi connectivity index (χ2v) is 6.91. The minimum atomic E-state index is -1.07. The van der Waals surface area contributed by atoms with Crippen molar-refractivity contribution < 1.29 is 18.9 Å². The fraction of sp³-hybridized carbons (Fsp3) is 0.429. The Kier molecular flexibility index (Phi) is 2.93. The average Bonchev–Trinajstić information content (AvgIpc) is 3.01. The number of fused-ring (bicyclic) bond motifs is 1. The lowest BCUT2D eigenvalue weighted by Gasteiger charge is -2.19. The Hall–Kier alpha value is -1.69. The van der Waals surface area contributed by atoms with Crippen LogP contribution in [-0.2, 0) is 15.6 Å². The van der Waals surface area contributed by atoms with E-state index in [1.54, 1.807) is 35.4 Å². The number of rotatable bonds is 3. The number of carbonyl (C=O) groups excluding carboxylic acids is 1. The van der Waals surface area contributed by atoms with Gasteiger partial charge in [-0.05, 0) is 36.6 Å². The molecule has 0 bridgehead atoms. The molecular weight excluding hydrogens is 278 g/mol. The Labute approximate surface area is 119 Å². The van der Waals surface area contributed by atoms with Gasteiger partial charge in [0.2, 0.25) is 0 Å². The van der Waals surface area contributed by atoms with Crippen LogP contribution in [0.1, 0.15) is 16.8 Å². The van der Waals surface area contributed by atoms with Crippen molar-refractivity contribution in [3.63, 3.8) is 0 Å². The van der Waals surface area contributed by atoms with Gasteiger partial charge < -0.3 is 10.0 Å². The molecule has 6 heteroatoms. The van der Waals surface area contributed by atoms with Gasteiger partial charge in [0.05, 0.1) is 5.41 Å². The third kappa shape index (κ3) is 1.95. The van der Waals surface area contributed by atoms with Crippen LogP contribution in [0.4, 0.5) is 0 Å². The van der Waals surface area contributed by atoms with Crippen molar-refractivity contribution in [2.45, 2.75) is 11.3 Å².